The van der Waals surface area contributed by atoms with E-state index in [1.165, 1.54) is 15.5 Å². The number of urea groups is 1. The second kappa shape index (κ2) is 9.05. The van der Waals surface area contributed by atoms with Gasteiger partial charge >= 0.3 is 6.03 Å². The first-order valence-corrected chi connectivity index (χ1v) is 14.1. The van der Waals surface area contributed by atoms with Gasteiger partial charge in [0.1, 0.15) is 0 Å². The zero-order valence-corrected chi connectivity index (χ0v) is 21.0. The molecule has 6 atom stereocenters. The average Bonchev–Trinajstić information content (AvgIpc) is 3.29. The van der Waals surface area contributed by atoms with Crippen LogP contribution in [-0.2, 0) is 19.6 Å². The van der Waals surface area contributed by atoms with Crippen LogP contribution >= 0.6 is 11.6 Å². The Morgan fingerprint density at radius 3 is 2.65 bits per heavy atom. The van der Waals surface area contributed by atoms with Gasteiger partial charge < -0.3 is 15.0 Å². The van der Waals surface area contributed by atoms with Crippen molar-refractivity contribution in [3.8, 4) is 0 Å². The zero-order valence-electron chi connectivity index (χ0n) is 19.4. The standard InChI is InChI=1S/C23H31ClN4O5S/c1-33-19-8-4-7-17-20(19)25-12-18-21(17)27(16-9-10-26(13-16)34(2,31)32)23(30)28(22(18)29)15-6-3-5-14(24)11-15/h3,5-6,11,16-21,25H,4,7-10,12-13H2,1-2H3/t16-,17?,18?,19?,20?,21?/m0/s1. The lowest BCUT2D eigenvalue weighted by molar-refractivity contribution is -0.131. The van der Waals surface area contributed by atoms with E-state index in [0.29, 0.717) is 30.2 Å². The summed E-state index contributed by atoms with van der Waals surface area (Å²) in [5.74, 6) is -0.614. The molecule has 34 heavy (non-hydrogen) atoms. The summed E-state index contributed by atoms with van der Waals surface area (Å²) in [4.78, 5) is 30.8. The van der Waals surface area contributed by atoms with Crippen molar-refractivity contribution < 1.29 is 22.7 Å². The molecule has 3 heterocycles. The predicted molar refractivity (Wildman–Crippen MR) is 128 cm³/mol. The number of rotatable bonds is 4. The molecule has 3 aliphatic heterocycles. The summed E-state index contributed by atoms with van der Waals surface area (Å²) in [6.07, 6.45) is 4.54. The van der Waals surface area contributed by atoms with Gasteiger partial charge in [0.15, 0.2) is 0 Å². The van der Waals surface area contributed by atoms with Gasteiger partial charge in [0, 0.05) is 43.9 Å². The number of anilines is 1. The zero-order chi connectivity index (χ0) is 24.2. The van der Waals surface area contributed by atoms with E-state index in [-0.39, 0.29) is 42.6 Å². The van der Waals surface area contributed by atoms with Gasteiger partial charge in [-0.3, -0.25) is 4.79 Å². The Balaban J connectivity index is 1.55. The van der Waals surface area contributed by atoms with Crippen LogP contribution < -0.4 is 10.2 Å². The lowest BCUT2D eigenvalue weighted by Gasteiger charge is -2.56. The molecule has 5 rings (SSSR count). The molecule has 9 nitrogen and oxygen atoms in total. The van der Waals surface area contributed by atoms with Crippen molar-refractivity contribution in [2.75, 3.05) is 37.9 Å². The van der Waals surface area contributed by atoms with Crippen LogP contribution in [0.1, 0.15) is 25.7 Å². The minimum absolute atomic E-state index is 0.0220. The molecule has 1 aliphatic carbocycles. The van der Waals surface area contributed by atoms with Crippen LogP contribution in [0.3, 0.4) is 0 Å². The number of methoxy groups -OCH3 is 1. The minimum atomic E-state index is -3.37. The molecular weight excluding hydrogens is 480 g/mol. The third-order valence-corrected chi connectivity index (χ3v) is 9.45. The number of piperidine rings is 1. The first-order chi connectivity index (χ1) is 16.2. The molecule has 4 aliphatic rings. The number of fused-ring (bicyclic) bond motifs is 3. The van der Waals surface area contributed by atoms with Crippen molar-refractivity contribution in [2.24, 2.45) is 11.8 Å². The maximum absolute atomic E-state index is 14.0. The molecule has 1 aromatic carbocycles. The van der Waals surface area contributed by atoms with Gasteiger partial charge in [-0.15, -0.1) is 0 Å². The smallest absolute Gasteiger partial charge is 0.331 e. The number of amides is 3. The summed E-state index contributed by atoms with van der Waals surface area (Å²) in [6.45, 7) is 1.04. The van der Waals surface area contributed by atoms with Crippen LogP contribution in [0, 0.1) is 11.8 Å². The van der Waals surface area contributed by atoms with Crippen LogP contribution in [0.25, 0.3) is 0 Å². The quantitative estimate of drug-likeness (QED) is 0.664. The number of hydrogen-bond donors (Lipinski definition) is 1. The fraction of sp³-hybridized carbons (Fsp3) is 0.652. The number of hydrogen-bond acceptors (Lipinski definition) is 6. The second-order valence-electron chi connectivity index (χ2n) is 9.81. The van der Waals surface area contributed by atoms with Crippen LogP contribution in [0.4, 0.5) is 10.5 Å². The number of sulfonamides is 1. The van der Waals surface area contributed by atoms with Crippen molar-refractivity contribution in [3.05, 3.63) is 29.3 Å². The maximum Gasteiger partial charge on any atom is 0.331 e. The monoisotopic (exact) mass is 510 g/mol. The molecule has 1 saturated carbocycles. The number of carbonyl (C=O) groups is 2. The minimum Gasteiger partial charge on any atom is -0.380 e. The van der Waals surface area contributed by atoms with E-state index in [0.717, 1.165) is 19.3 Å². The van der Waals surface area contributed by atoms with E-state index in [4.69, 9.17) is 16.3 Å². The molecule has 186 valence electrons. The number of carbonyl (C=O) groups excluding carboxylic acids is 2. The van der Waals surface area contributed by atoms with Crippen molar-refractivity contribution in [2.45, 2.75) is 49.9 Å². The Labute approximate surface area is 205 Å². The molecule has 0 aromatic heterocycles. The van der Waals surface area contributed by atoms with Gasteiger partial charge in [0.2, 0.25) is 15.9 Å². The molecule has 1 aromatic rings. The van der Waals surface area contributed by atoms with Crippen LogP contribution in [-0.4, -0.2) is 86.8 Å². The van der Waals surface area contributed by atoms with Crippen molar-refractivity contribution in [1.29, 1.82) is 0 Å². The number of imide groups is 1. The Bertz CT molecular complexity index is 1080. The summed E-state index contributed by atoms with van der Waals surface area (Å²) in [6, 6.07) is 5.80. The molecule has 0 bridgehead atoms. The number of nitrogens with one attached hydrogen (secondary N) is 1. The molecule has 3 amide bonds. The summed E-state index contributed by atoms with van der Waals surface area (Å²) in [7, 11) is -1.67. The number of halogens is 1. The summed E-state index contributed by atoms with van der Waals surface area (Å²) in [5, 5.41) is 3.99. The molecule has 3 saturated heterocycles. The largest absolute Gasteiger partial charge is 0.380 e. The highest BCUT2D eigenvalue weighted by atomic mass is 35.5. The number of nitrogens with zero attached hydrogens (tertiary/aromatic N) is 3. The topological polar surface area (TPSA) is 99.3 Å². The fourth-order valence-electron chi connectivity index (χ4n) is 6.43. The molecular formula is C23H31ClN4O5S. The normalized spacial score (nSPS) is 34.8. The van der Waals surface area contributed by atoms with Gasteiger partial charge in [-0.25, -0.2) is 22.4 Å². The Hall–Kier alpha value is -1.72. The van der Waals surface area contributed by atoms with E-state index in [2.05, 4.69) is 5.32 Å². The summed E-state index contributed by atoms with van der Waals surface area (Å²) < 4.78 is 31.6. The van der Waals surface area contributed by atoms with E-state index in [1.54, 1.807) is 31.4 Å². The number of benzene rings is 1. The summed E-state index contributed by atoms with van der Waals surface area (Å²) >= 11 is 6.19. The van der Waals surface area contributed by atoms with Crippen molar-refractivity contribution in [3.63, 3.8) is 0 Å². The highest BCUT2D eigenvalue weighted by Crippen LogP contribution is 2.43. The highest BCUT2D eigenvalue weighted by Gasteiger charge is 2.57. The van der Waals surface area contributed by atoms with Crippen LogP contribution in [0.15, 0.2) is 24.3 Å². The van der Waals surface area contributed by atoms with E-state index in [1.807, 2.05) is 4.90 Å². The maximum atomic E-state index is 14.0. The SMILES string of the molecule is COC1CCCC2C1NCC1C(=O)N(c3cccc(Cl)c3)C(=O)N([C@H]3CCN(S(C)(=O)=O)C3)C12. The van der Waals surface area contributed by atoms with Gasteiger partial charge in [-0.1, -0.05) is 24.1 Å². The molecule has 11 heteroatoms. The Morgan fingerprint density at radius 2 is 1.97 bits per heavy atom. The van der Waals surface area contributed by atoms with E-state index < -0.39 is 22.0 Å². The molecule has 4 fully saturated rings. The van der Waals surface area contributed by atoms with Crippen LogP contribution in [0.5, 0.6) is 0 Å². The van der Waals surface area contributed by atoms with Crippen molar-refractivity contribution >= 4 is 39.2 Å². The van der Waals surface area contributed by atoms with Gasteiger partial charge in [-0.05, 0) is 43.4 Å². The Kier molecular flexibility index (Phi) is 6.39. The lowest BCUT2D eigenvalue weighted by Crippen LogP contribution is -2.74. The van der Waals surface area contributed by atoms with Gasteiger partial charge in [0.05, 0.1) is 30.0 Å². The first kappa shape index (κ1) is 24.0. The van der Waals surface area contributed by atoms with Gasteiger partial charge in [-0.2, -0.15) is 0 Å². The predicted octanol–water partition coefficient (Wildman–Crippen LogP) is 1.91. The molecule has 5 unspecified atom stereocenters. The molecule has 0 spiro atoms. The van der Waals surface area contributed by atoms with E-state index >= 15 is 0 Å². The molecule has 1 N–H and O–H groups in total. The fourth-order valence-corrected chi connectivity index (χ4v) is 7.49. The lowest BCUT2D eigenvalue weighted by atomic mass is 9.69. The average molecular weight is 511 g/mol. The number of ether oxygens (including phenoxy) is 1. The second-order valence-corrected chi connectivity index (χ2v) is 12.2. The highest BCUT2D eigenvalue weighted by molar-refractivity contribution is 7.88. The summed E-state index contributed by atoms with van der Waals surface area (Å²) in [5.41, 5.74) is 0.435. The van der Waals surface area contributed by atoms with Crippen molar-refractivity contribution in [1.82, 2.24) is 14.5 Å². The van der Waals surface area contributed by atoms with Crippen LogP contribution in [0.2, 0.25) is 5.02 Å². The first-order valence-electron chi connectivity index (χ1n) is 11.8. The third-order valence-electron chi connectivity index (χ3n) is 7.94. The Morgan fingerprint density at radius 1 is 1.18 bits per heavy atom. The molecule has 0 radical (unpaired) electrons. The van der Waals surface area contributed by atoms with Gasteiger partial charge in [0.25, 0.3) is 0 Å². The van der Waals surface area contributed by atoms with E-state index in [9.17, 15) is 18.0 Å². The third kappa shape index (κ3) is 4.03.